The molecule has 1 atom stereocenters. The van der Waals surface area contributed by atoms with Gasteiger partial charge in [0.15, 0.2) is 24.6 Å². The van der Waals surface area contributed by atoms with Crippen LogP contribution in [0.15, 0.2) is 127 Å². The zero-order chi connectivity index (χ0) is 28.3. The predicted molar refractivity (Wildman–Crippen MR) is 168 cm³/mol. The van der Waals surface area contributed by atoms with Gasteiger partial charge in [0, 0.05) is 32.6 Å². The lowest BCUT2D eigenvalue weighted by atomic mass is 10.1. The number of fused-ring (bicyclic) bond motifs is 2. The van der Waals surface area contributed by atoms with Gasteiger partial charge in [0.1, 0.15) is 11.3 Å². The lowest BCUT2D eigenvalue weighted by Crippen LogP contribution is -2.33. The summed E-state index contributed by atoms with van der Waals surface area (Å²) < 4.78 is 17.4. The van der Waals surface area contributed by atoms with Crippen molar-refractivity contribution in [2.75, 3.05) is 0 Å². The third-order valence-electron chi connectivity index (χ3n) is 7.81. The van der Waals surface area contributed by atoms with Gasteiger partial charge in [0.05, 0.1) is 11.2 Å². The molecule has 0 amide bonds. The molecule has 7 heteroatoms. The lowest BCUT2D eigenvalue weighted by Gasteiger charge is -2.29. The number of aromatic nitrogens is 5. The maximum absolute atomic E-state index is 15.3. The van der Waals surface area contributed by atoms with Crippen molar-refractivity contribution in [3.63, 3.8) is 0 Å². The van der Waals surface area contributed by atoms with Crippen LogP contribution < -0.4 is 15.9 Å². The van der Waals surface area contributed by atoms with E-state index in [2.05, 4.69) is 4.57 Å². The van der Waals surface area contributed by atoms with Crippen LogP contribution in [0.3, 0.4) is 0 Å². The topological polar surface area (TPSA) is 73.6 Å². The third-order valence-corrected chi connectivity index (χ3v) is 10.9. The van der Waals surface area contributed by atoms with E-state index in [-0.39, 0.29) is 0 Å². The Balaban J connectivity index is 1.44. The first kappa shape index (κ1) is 24.6. The summed E-state index contributed by atoms with van der Waals surface area (Å²) in [4.78, 5) is 19.8. The number of imidazole rings is 1. The number of para-hydroxylation sites is 1. The monoisotopic (exact) mass is 561 g/mol. The Kier molecular flexibility index (Phi) is 5.53. The molecule has 0 spiro atoms. The molecule has 0 N–H and O–H groups in total. The summed E-state index contributed by atoms with van der Waals surface area (Å²) in [6.07, 6.45) is 0. The summed E-state index contributed by atoms with van der Waals surface area (Å²) in [6.45, 7) is 1.99. The normalized spacial score (nSPS) is 15.5. The highest BCUT2D eigenvalue weighted by Gasteiger charge is 2.40. The van der Waals surface area contributed by atoms with Crippen LogP contribution >= 0.6 is 7.14 Å². The molecule has 1 aliphatic rings. The number of rotatable bonds is 4. The second kappa shape index (κ2) is 9.44. The highest BCUT2D eigenvalue weighted by atomic mass is 31.2. The Morgan fingerprint density at radius 1 is 0.548 bits per heavy atom. The summed E-state index contributed by atoms with van der Waals surface area (Å²) in [6, 6.07) is 41.5. The summed E-state index contributed by atoms with van der Waals surface area (Å²) in [5.41, 5.74) is 5.01. The number of aryl methyl sites for hydroxylation is 1. The van der Waals surface area contributed by atoms with Gasteiger partial charge in [0.2, 0.25) is 0 Å². The van der Waals surface area contributed by atoms with Gasteiger partial charge in [-0.3, -0.25) is 4.57 Å². The quantitative estimate of drug-likeness (QED) is 0.230. The molecule has 6 nitrogen and oxygen atoms in total. The van der Waals surface area contributed by atoms with E-state index < -0.39 is 7.14 Å². The van der Waals surface area contributed by atoms with Crippen LogP contribution in [0.4, 0.5) is 0 Å². The number of hydrogen-bond acceptors (Lipinski definition) is 5. The highest BCUT2D eigenvalue weighted by molar-refractivity contribution is 7.86. The maximum atomic E-state index is 15.3. The Morgan fingerprint density at radius 3 is 1.74 bits per heavy atom. The standard InChI is InChI=1S/C35H24N5OP/c1-23-36-31-27(35-38-33(24-13-5-2-6-14-24)37-34(39-35)25-15-7-3-8-16-25)21-22-30-32(31)40(23)28-19-11-12-20-29(28)42(30,41)26-17-9-4-10-18-26/h2-22H,1H3. The molecule has 3 heterocycles. The molecule has 2 aromatic heterocycles. The molecule has 0 saturated heterocycles. The van der Waals surface area contributed by atoms with Crippen LogP contribution in [0.25, 0.3) is 50.9 Å². The third kappa shape index (κ3) is 3.62. The Morgan fingerprint density at radius 2 is 1.10 bits per heavy atom. The molecular weight excluding hydrogens is 537 g/mol. The van der Waals surface area contributed by atoms with E-state index in [0.29, 0.717) is 17.5 Å². The first-order valence-corrected chi connectivity index (χ1v) is 15.5. The minimum absolute atomic E-state index is 0.521. The van der Waals surface area contributed by atoms with Crippen molar-refractivity contribution in [2.45, 2.75) is 6.92 Å². The molecular formula is C35H24N5OP. The molecule has 0 bridgehead atoms. The van der Waals surface area contributed by atoms with Crippen molar-refractivity contribution >= 4 is 34.1 Å². The molecule has 0 saturated carbocycles. The van der Waals surface area contributed by atoms with E-state index in [9.17, 15) is 0 Å². The van der Waals surface area contributed by atoms with E-state index in [1.807, 2.05) is 134 Å². The maximum Gasteiger partial charge on any atom is 0.175 e. The van der Waals surface area contributed by atoms with Gasteiger partial charge in [0.25, 0.3) is 0 Å². The minimum Gasteiger partial charge on any atom is -0.308 e. The Hall–Kier alpha value is -5.19. The molecule has 0 fully saturated rings. The summed E-state index contributed by atoms with van der Waals surface area (Å²) >= 11 is 0. The molecule has 8 rings (SSSR count). The van der Waals surface area contributed by atoms with Crippen molar-refractivity contribution in [3.05, 3.63) is 133 Å². The fraction of sp³-hybridized carbons (Fsp3) is 0.0286. The largest absolute Gasteiger partial charge is 0.308 e. The van der Waals surface area contributed by atoms with Gasteiger partial charge in [-0.05, 0) is 31.2 Å². The fourth-order valence-electron chi connectivity index (χ4n) is 5.90. The first-order chi connectivity index (χ1) is 20.6. The summed E-state index contributed by atoms with van der Waals surface area (Å²) in [5, 5.41) is 2.39. The van der Waals surface area contributed by atoms with Crippen LogP contribution in [0, 0.1) is 6.92 Å². The first-order valence-electron chi connectivity index (χ1n) is 13.8. The zero-order valence-corrected chi connectivity index (χ0v) is 23.6. The second-order valence-corrected chi connectivity index (χ2v) is 13.0. The van der Waals surface area contributed by atoms with Gasteiger partial charge in [-0.25, -0.2) is 19.9 Å². The summed E-state index contributed by atoms with van der Waals surface area (Å²) in [5.74, 6) is 2.50. The van der Waals surface area contributed by atoms with Crippen LogP contribution in [0.2, 0.25) is 0 Å². The van der Waals surface area contributed by atoms with Crippen molar-refractivity contribution < 1.29 is 4.57 Å². The van der Waals surface area contributed by atoms with Gasteiger partial charge in [-0.15, -0.1) is 0 Å². The molecule has 0 aliphatic carbocycles. The van der Waals surface area contributed by atoms with E-state index in [1.165, 1.54) is 0 Å². The predicted octanol–water partition coefficient (Wildman–Crippen LogP) is 6.47. The molecule has 1 unspecified atom stereocenters. The molecule has 5 aromatic carbocycles. The number of nitrogens with zero attached hydrogens (tertiary/aromatic N) is 5. The SMILES string of the molecule is Cc1nc2c(-c3nc(-c4ccccc4)nc(-c4ccccc4)n3)ccc3c2n1-c1ccccc1P3(=O)c1ccccc1. The van der Waals surface area contributed by atoms with Gasteiger partial charge < -0.3 is 4.57 Å². The average Bonchev–Trinajstić information content (AvgIpc) is 3.41. The van der Waals surface area contributed by atoms with Crippen molar-refractivity contribution in [3.8, 4) is 39.9 Å². The van der Waals surface area contributed by atoms with E-state index in [4.69, 9.17) is 19.9 Å². The number of hydrogen-bond donors (Lipinski definition) is 0. The minimum atomic E-state index is -3.19. The Labute approximate surface area is 242 Å². The number of benzene rings is 5. The molecule has 0 radical (unpaired) electrons. The van der Waals surface area contributed by atoms with Crippen LogP contribution in [-0.2, 0) is 4.57 Å². The van der Waals surface area contributed by atoms with Crippen LogP contribution in [0.5, 0.6) is 0 Å². The molecule has 1 aliphatic heterocycles. The molecule has 42 heavy (non-hydrogen) atoms. The van der Waals surface area contributed by atoms with Gasteiger partial charge >= 0.3 is 0 Å². The van der Waals surface area contributed by atoms with E-state index in [1.54, 1.807) is 0 Å². The molecule has 200 valence electrons. The van der Waals surface area contributed by atoms with Crippen LogP contribution in [-0.4, -0.2) is 24.5 Å². The lowest BCUT2D eigenvalue weighted by molar-refractivity contribution is 0.592. The van der Waals surface area contributed by atoms with Gasteiger partial charge in [-0.2, -0.15) is 0 Å². The smallest absolute Gasteiger partial charge is 0.175 e. The fourth-order valence-corrected chi connectivity index (χ4v) is 8.89. The summed E-state index contributed by atoms with van der Waals surface area (Å²) in [7, 11) is -3.19. The van der Waals surface area contributed by atoms with Crippen molar-refractivity contribution in [2.24, 2.45) is 0 Å². The van der Waals surface area contributed by atoms with E-state index >= 15 is 4.57 Å². The second-order valence-electron chi connectivity index (χ2n) is 10.3. The molecule has 7 aromatic rings. The van der Waals surface area contributed by atoms with Crippen molar-refractivity contribution in [1.82, 2.24) is 24.5 Å². The Bertz CT molecular complexity index is 2120. The van der Waals surface area contributed by atoms with E-state index in [0.717, 1.165) is 55.1 Å². The zero-order valence-electron chi connectivity index (χ0n) is 22.7. The van der Waals surface area contributed by atoms with Crippen LogP contribution in [0.1, 0.15) is 5.82 Å². The van der Waals surface area contributed by atoms with Gasteiger partial charge in [-0.1, -0.05) is 103 Å². The highest BCUT2D eigenvalue weighted by Crippen LogP contribution is 2.50. The average molecular weight is 562 g/mol. The van der Waals surface area contributed by atoms with Crippen molar-refractivity contribution in [1.29, 1.82) is 0 Å².